The quantitative estimate of drug-likeness (QED) is 0.662. The minimum absolute atomic E-state index is 0.165. The summed E-state index contributed by atoms with van der Waals surface area (Å²) < 4.78 is 6.06. The number of hydrogen-bond donors (Lipinski definition) is 1. The van der Waals surface area contributed by atoms with Crippen molar-refractivity contribution in [3.8, 4) is 5.75 Å². The van der Waals surface area contributed by atoms with Crippen LogP contribution in [-0.2, 0) is 4.79 Å². The first kappa shape index (κ1) is 19.3. The summed E-state index contributed by atoms with van der Waals surface area (Å²) in [6, 6.07) is 13.4. The Balaban J connectivity index is 2.14. The zero-order valence-corrected chi connectivity index (χ0v) is 16.1. The molecule has 2 atom stereocenters. The van der Waals surface area contributed by atoms with E-state index in [1.807, 2.05) is 44.2 Å². The van der Waals surface area contributed by atoms with Gasteiger partial charge < -0.3 is 10.1 Å². The number of carbonyl (C=O) groups excluding carboxylic acids is 1. The first-order valence-corrected chi connectivity index (χ1v) is 9.16. The third-order valence-corrected chi connectivity index (χ3v) is 4.84. The van der Waals surface area contributed by atoms with Crippen molar-refractivity contribution < 1.29 is 9.53 Å². The predicted octanol–water partition coefficient (Wildman–Crippen LogP) is 5.96. The maximum atomic E-state index is 12.6. The molecule has 2 aromatic carbocycles. The number of para-hydroxylation sites is 1. The summed E-state index contributed by atoms with van der Waals surface area (Å²) in [6.07, 6.45) is 1.05. The lowest BCUT2D eigenvalue weighted by atomic mass is 9.98. The molecule has 0 aliphatic carbocycles. The third kappa shape index (κ3) is 4.99. The van der Waals surface area contributed by atoms with Crippen LogP contribution in [0.1, 0.15) is 50.7 Å². The summed E-state index contributed by atoms with van der Waals surface area (Å²) in [5, 5.41) is 3.53. The number of amides is 1. The molecule has 1 N–H and O–H groups in total. The minimum Gasteiger partial charge on any atom is -0.480 e. The molecule has 2 unspecified atom stereocenters. The fourth-order valence-corrected chi connectivity index (χ4v) is 2.76. The molecule has 1 amide bonds. The number of halogens is 1. The van der Waals surface area contributed by atoms with Crippen LogP contribution in [0.4, 0.5) is 5.69 Å². The van der Waals surface area contributed by atoms with E-state index in [9.17, 15) is 4.79 Å². The second-order valence-corrected chi connectivity index (χ2v) is 6.72. The lowest BCUT2D eigenvalue weighted by molar-refractivity contribution is -0.122. The lowest BCUT2D eigenvalue weighted by Gasteiger charge is -2.21. The average Bonchev–Trinajstić information content (AvgIpc) is 2.62. The van der Waals surface area contributed by atoms with Crippen LogP contribution in [0.3, 0.4) is 0 Å². The number of benzene rings is 2. The highest BCUT2D eigenvalue weighted by molar-refractivity contribution is 6.31. The van der Waals surface area contributed by atoms with Crippen LogP contribution < -0.4 is 10.1 Å². The van der Waals surface area contributed by atoms with Gasteiger partial charge in [0.05, 0.1) is 0 Å². The van der Waals surface area contributed by atoms with Crippen molar-refractivity contribution in [2.45, 2.75) is 52.6 Å². The molecule has 0 aliphatic rings. The maximum Gasteiger partial charge on any atom is 0.265 e. The highest BCUT2D eigenvalue weighted by Crippen LogP contribution is 2.29. The minimum atomic E-state index is -0.551. The Kier molecular flexibility index (Phi) is 6.89. The topological polar surface area (TPSA) is 38.3 Å². The van der Waals surface area contributed by atoms with E-state index in [1.165, 1.54) is 0 Å². The highest BCUT2D eigenvalue weighted by Gasteiger charge is 2.21. The van der Waals surface area contributed by atoms with Crippen molar-refractivity contribution in [2.24, 2.45) is 0 Å². The van der Waals surface area contributed by atoms with E-state index in [0.717, 1.165) is 23.3 Å². The molecule has 134 valence electrons. The van der Waals surface area contributed by atoms with E-state index in [0.29, 0.717) is 23.0 Å². The number of rotatable bonds is 7. The van der Waals surface area contributed by atoms with Gasteiger partial charge in [0, 0.05) is 10.7 Å². The van der Waals surface area contributed by atoms with E-state index in [1.54, 1.807) is 6.07 Å². The molecule has 0 aliphatic heterocycles. The molecule has 0 fully saturated rings. The Morgan fingerprint density at radius 2 is 1.88 bits per heavy atom. The summed E-state index contributed by atoms with van der Waals surface area (Å²) in [6.45, 7) is 8.18. The summed E-state index contributed by atoms with van der Waals surface area (Å²) in [4.78, 5) is 12.6. The molecular formula is C21H26ClNO2. The van der Waals surface area contributed by atoms with Crippen LogP contribution in [0.2, 0.25) is 5.02 Å². The van der Waals surface area contributed by atoms with Gasteiger partial charge in [-0.05, 0) is 55.0 Å². The molecule has 0 saturated carbocycles. The number of aryl methyl sites for hydroxylation is 1. The van der Waals surface area contributed by atoms with E-state index in [2.05, 4.69) is 25.2 Å². The van der Waals surface area contributed by atoms with Crippen LogP contribution in [0.25, 0.3) is 0 Å². The smallest absolute Gasteiger partial charge is 0.265 e. The number of carbonyl (C=O) groups is 1. The molecule has 4 heteroatoms. The Hall–Kier alpha value is -2.00. The molecule has 0 heterocycles. The van der Waals surface area contributed by atoms with Gasteiger partial charge in [-0.2, -0.15) is 0 Å². The highest BCUT2D eigenvalue weighted by atomic mass is 35.5. The number of anilines is 1. The summed E-state index contributed by atoms with van der Waals surface area (Å²) in [5.41, 5.74) is 2.79. The molecule has 0 bridgehead atoms. The number of nitrogens with one attached hydrogen (secondary N) is 1. The van der Waals surface area contributed by atoms with Gasteiger partial charge in [-0.1, -0.05) is 56.6 Å². The standard InChI is InChI=1S/C21H26ClNO2/c1-5-14(3)17-9-7-8-10-20(17)25-19(6-2)21(24)23-16-12-11-15(4)18(22)13-16/h7-14,19H,5-6H2,1-4H3,(H,23,24). The second kappa shape index (κ2) is 8.91. The molecule has 3 nitrogen and oxygen atoms in total. The molecule has 0 saturated heterocycles. The van der Waals surface area contributed by atoms with Crippen LogP contribution in [0.5, 0.6) is 5.75 Å². The molecule has 0 aromatic heterocycles. The monoisotopic (exact) mass is 359 g/mol. The number of ether oxygens (including phenoxy) is 1. The van der Waals surface area contributed by atoms with E-state index >= 15 is 0 Å². The predicted molar refractivity (Wildman–Crippen MR) is 105 cm³/mol. The molecule has 0 spiro atoms. The molecular weight excluding hydrogens is 334 g/mol. The van der Waals surface area contributed by atoms with Gasteiger partial charge in [-0.15, -0.1) is 0 Å². The molecule has 25 heavy (non-hydrogen) atoms. The average molecular weight is 360 g/mol. The van der Waals surface area contributed by atoms with Gasteiger partial charge in [0.15, 0.2) is 6.10 Å². The van der Waals surface area contributed by atoms with Crippen molar-refractivity contribution in [3.63, 3.8) is 0 Å². The summed E-state index contributed by atoms with van der Waals surface area (Å²) in [7, 11) is 0. The summed E-state index contributed by atoms with van der Waals surface area (Å²) >= 11 is 6.13. The first-order valence-electron chi connectivity index (χ1n) is 8.78. The van der Waals surface area contributed by atoms with Gasteiger partial charge in [0.2, 0.25) is 0 Å². The van der Waals surface area contributed by atoms with Crippen LogP contribution >= 0.6 is 11.6 Å². The SMILES string of the molecule is CCC(Oc1ccccc1C(C)CC)C(=O)Nc1ccc(C)c(Cl)c1. The van der Waals surface area contributed by atoms with Gasteiger partial charge in [-0.3, -0.25) is 4.79 Å². The van der Waals surface area contributed by atoms with Crippen molar-refractivity contribution in [3.05, 3.63) is 58.6 Å². The van der Waals surface area contributed by atoms with Gasteiger partial charge in [0.1, 0.15) is 5.75 Å². The normalized spacial score (nSPS) is 13.2. The van der Waals surface area contributed by atoms with Gasteiger partial charge >= 0.3 is 0 Å². The van der Waals surface area contributed by atoms with E-state index < -0.39 is 6.10 Å². The Morgan fingerprint density at radius 1 is 1.16 bits per heavy atom. The van der Waals surface area contributed by atoms with E-state index in [4.69, 9.17) is 16.3 Å². The third-order valence-electron chi connectivity index (χ3n) is 4.43. The molecule has 2 rings (SSSR count). The van der Waals surface area contributed by atoms with Gasteiger partial charge in [-0.25, -0.2) is 0 Å². The zero-order valence-electron chi connectivity index (χ0n) is 15.3. The maximum absolute atomic E-state index is 12.6. The second-order valence-electron chi connectivity index (χ2n) is 6.32. The molecule has 0 radical (unpaired) electrons. The lowest BCUT2D eigenvalue weighted by Crippen LogP contribution is -2.32. The Labute approximate surface area is 155 Å². The van der Waals surface area contributed by atoms with Crippen LogP contribution in [0, 0.1) is 6.92 Å². The van der Waals surface area contributed by atoms with Crippen molar-refractivity contribution in [1.29, 1.82) is 0 Å². The van der Waals surface area contributed by atoms with E-state index in [-0.39, 0.29) is 5.91 Å². The molecule has 2 aromatic rings. The zero-order chi connectivity index (χ0) is 18.4. The largest absolute Gasteiger partial charge is 0.480 e. The van der Waals surface area contributed by atoms with Crippen molar-refractivity contribution in [1.82, 2.24) is 0 Å². The first-order chi connectivity index (χ1) is 12.0. The van der Waals surface area contributed by atoms with Crippen molar-refractivity contribution >= 4 is 23.2 Å². The Morgan fingerprint density at radius 3 is 2.52 bits per heavy atom. The van der Waals surface area contributed by atoms with Gasteiger partial charge in [0.25, 0.3) is 5.91 Å². The Bertz CT molecular complexity index is 730. The van der Waals surface area contributed by atoms with Crippen LogP contribution in [-0.4, -0.2) is 12.0 Å². The summed E-state index contributed by atoms with van der Waals surface area (Å²) in [5.74, 6) is 0.995. The fourth-order valence-electron chi connectivity index (χ4n) is 2.58. The number of hydrogen-bond acceptors (Lipinski definition) is 2. The van der Waals surface area contributed by atoms with Crippen LogP contribution in [0.15, 0.2) is 42.5 Å². The van der Waals surface area contributed by atoms with Crippen molar-refractivity contribution in [2.75, 3.05) is 5.32 Å². The fraction of sp³-hybridized carbons (Fsp3) is 0.381.